The maximum atomic E-state index is 13.2. The summed E-state index contributed by atoms with van der Waals surface area (Å²) in [5.74, 6) is 0.415. The summed E-state index contributed by atoms with van der Waals surface area (Å²) >= 11 is 0. The molecule has 4 heteroatoms. The van der Waals surface area contributed by atoms with Crippen LogP contribution in [-0.2, 0) is 11.3 Å². The first kappa shape index (κ1) is 20.0. The van der Waals surface area contributed by atoms with Crippen molar-refractivity contribution in [2.24, 2.45) is 5.92 Å². The zero-order valence-corrected chi connectivity index (χ0v) is 15.8. The molecule has 2 aromatic rings. The Bertz CT molecular complexity index is 671. The van der Waals surface area contributed by atoms with Crippen molar-refractivity contribution in [3.63, 3.8) is 0 Å². The fourth-order valence-corrected chi connectivity index (χ4v) is 3.75. The van der Waals surface area contributed by atoms with Crippen molar-refractivity contribution in [1.82, 2.24) is 5.32 Å². The summed E-state index contributed by atoms with van der Waals surface area (Å²) in [6, 6.07) is 16.5. The maximum absolute atomic E-state index is 13.2. The van der Waals surface area contributed by atoms with Gasteiger partial charge < -0.3 is 15.2 Å². The molecule has 0 aliphatic heterocycles. The summed E-state index contributed by atoms with van der Waals surface area (Å²) in [5, 5.41) is 13.4. The summed E-state index contributed by atoms with van der Waals surface area (Å²) < 4.78 is 19.3. The Balaban J connectivity index is 1.27. The van der Waals surface area contributed by atoms with Gasteiger partial charge in [0.05, 0.1) is 18.8 Å². The maximum Gasteiger partial charge on any atom is 0.123 e. The SMILES string of the molecule is O[C@@H](CNCCC1CCC(OCc2ccccc2)CC1)c1cccc(F)c1. The van der Waals surface area contributed by atoms with Gasteiger partial charge in [-0.2, -0.15) is 0 Å². The van der Waals surface area contributed by atoms with Crippen molar-refractivity contribution < 1.29 is 14.2 Å². The number of benzene rings is 2. The normalized spacial score (nSPS) is 21.1. The van der Waals surface area contributed by atoms with Crippen LogP contribution in [0.3, 0.4) is 0 Å². The van der Waals surface area contributed by atoms with E-state index in [1.807, 2.05) is 18.2 Å². The van der Waals surface area contributed by atoms with Gasteiger partial charge in [0.15, 0.2) is 0 Å². The van der Waals surface area contributed by atoms with E-state index in [0.29, 0.717) is 24.8 Å². The molecular formula is C23H30FNO2. The summed E-state index contributed by atoms with van der Waals surface area (Å²) in [6.07, 6.45) is 5.49. The average Bonchev–Trinajstić information content (AvgIpc) is 2.71. The molecule has 1 atom stereocenters. The first-order valence-electron chi connectivity index (χ1n) is 10.0. The van der Waals surface area contributed by atoms with Crippen LogP contribution in [0.1, 0.15) is 49.3 Å². The van der Waals surface area contributed by atoms with Gasteiger partial charge in [-0.05, 0) is 67.8 Å². The number of aliphatic hydroxyl groups excluding tert-OH is 1. The number of halogens is 1. The molecule has 1 aliphatic carbocycles. The Hall–Kier alpha value is -1.75. The molecule has 3 rings (SSSR count). The highest BCUT2D eigenvalue weighted by Crippen LogP contribution is 2.28. The van der Waals surface area contributed by atoms with E-state index in [4.69, 9.17) is 4.74 Å². The monoisotopic (exact) mass is 371 g/mol. The van der Waals surface area contributed by atoms with Crippen molar-refractivity contribution >= 4 is 0 Å². The summed E-state index contributed by atoms with van der Waals surface area (Å²) in [7, 11) is 0. The zero-order valence-electron chi connectivity index (χ0n) is 15.8. The molecular weight excluding hydrogens is 341 g/mol. The van der Waals surface area contributed by atoms with Gasteiger partial charge >= 0.3 is 0 Å². The molecule has 0 amide bonds. The second-order valence-corrected chi connectivity index (χ2v) is 7.50. The molecule has 0 heterocycles. The van der Waals surface area contributed by atoms with Crippen molar-refractivity contribution in [2.75, 3.05) is 13.1 Å². The van der Waals surface area contributed by atoms with Crippen LogP contribution in [0.5, 0.6) is 0 Å². The molecule has 27 heavy (non-hydrogen) atoms. The lowest BCUT2D eigenvalue weighted by Gasteiger charge is -2.28. The number of nitrogens with one attached hydrogen (secondary N) is 1. The van der Waals surface area contributed by atoms with Gasteiger partial charge in [-0.25, -0.2) is 4.39 Å². The number of ether oxygens (including phenoxy) is 1. The largest absolute Gasteiger partial charge is 0.387 e. The molecule has 1 fully saturated rings. The van der Waals surface area contributed by atoms with E-state index in [-0.39, 0.29) is 5.82 Å². The highest BCUT2D eigenvalue weighted by molar-refractivity contribution is 5.19. The van der Waals surface area contributed by atoms with Crippen molar-refractivity contribution in [3.05, 3.63) is 71.5 Å². The van der Waals surface area contributed by atoms with Gasteiger partial charge in [0, 0.05) is 6.54 Å². The Labute approximate surface area is 161 Å². The van der Waals surface area contributed by atoms with Crippen LogP contribution in [0.4, 0.5) is 4.39 Å². The van der Waals surface area contributed by atoms with Gasteiger partial charge in [-0.3, -0.25) is 0 Å². The standard InChI is InChI=1S/C23H30FNO2/c24-21-8-4-7-20(15-21)23(26)16-25-14-13-18-9-11-22(12-10-18)27-17-19-5-2-1-3-6-19/h1-8,15,18,22-23,25-26H,9-14,16-17H2/t18?,22?,23-/m0/s1. The molecule has 0 spiro atoms. The molecule has 1 aliphatic rings. The minimum absolute atomic E-state index is 0.308. The van der Waals surface area contributed by atoms with E-state index in [2.05, 4.69) is 17.4 Å². The van der Waals surface area contributed by atoms with E-state index >= 15 is 0 Å². The summed E-state index contributed by atoms with van der Waals surface area (Å²) in [5.41, 5.74) is 1.86. The summed E-state index contributed by atoms with van der Waals surface area (Å²) in [6.45, 7) is 2.04. The minimum atomic E-state index is -0.664. The fourth-order valence-electron chi connectivity index (χ4n) is 3.75. The third-order valence-electron chi connectivity index (χ3n) is 5.42. The Morgan fingerprint density at radius 3 is 2.56 bits per heavy atom. The first-order valence-corrected chi connectivity index (χ1v) is 10.0. The van der Waals surface area contributed by atoms with Crippen LogP contribution in [0.25, 0.3) is 0 Å². The molecule has 0 aromatic heterocycles. The molecule has 2 aromatic carbocycles. The molecule has 3 nitrogen and oxygen atoms in total. The van der Waals surface area contributed by atoms with Crippen LogP contribution in [-0.4, -0.2) is 24.3 Å². The van der Waals surface area contributed by atoms with Crippen LogP contribution >= 0.6 is 0 Å². The van der Waals surface area contributed by atoms with Crippen molar-refractivity contribution in [1.29, 1.82) is 0 Å². The molecule has 146 valence electrons. The van der Waals surface area contributed by atoms with E-state index in [1.54, 1.807) is 12.1 Å². The minimum Gasteiger partial charge on any atom is -0.387 e. The Kier molecular flexibility index (Phi) is 7.81. The smallest absolute Gasteiger partial charge is 0.123 e. The van der Waals surface area contributed by atoms with E-state index in [9.17, 15) is 9.50 Å². The van der Waals surface area contributed by atoms with Gasteiger partial charge in [-0.1, -0.05) is 42.5 Å². The van der Waals surface area contributed by atoms with Gasteiger partial charge in [0.25, 0.3) is 0 Å². The van der Waals surface area contributed by atoms with Crippen molar-refractivity contribution in [3.8, 4) is 0 Å². The van der Waals surface area contributed by atoms with Crippen LogP contribution in [0.15, 0.2) is 54.6 Å². The van der Waals surface area contributed by atoms with Gasteiger partial charge in [-0.15, -0.1) is 0 Å². The topological polar surface area (TPSA) is 41.5 Å². The molecule has 2 N–H and O–H groups in total. The van der Waals surface area contributed by atoms with Crippen molar-refractivity contribution in [2.45, 2.75) is 50.9 Å². The second-order valence-electron chi connectivity index (χ2n) is 7.50. The lowest BCUT2D eigenvalue weighted by atomic mass is 9.85. The molecule has 0 radical (unpaired) electrons. The Morgan fingerprint density at radius 2 is 1.81 bits per heavy atom. The second kappa shape index (κ2) is 10.5. The number of hydrogen-bond donors (Lipinski definition) is 2. The molecule has 1 saturated carbocycles. The predicted octanol–water partition coefficient (Wildman–Crippen LogP) is 4.61. The third-order valence-corrected chi connectivity index (χ3v) is 5.42. The summed E-state index contributed by atoms with van der Waals surface area (Å²) in [4.78, 5) is 0. The van der Waals surface area contributed by atoms with Crippen LogP contribution < -0.4 is 5.32 Å². The van der Waals surface area contributed by atoms with E-state index in [0.717, 1.165) is 31.7 Å². The molecule has 0 bridgehead atoms. The molecule has 0 unspecified atom stereocenters. The van der Waals surface area contributed by atoms with E-state index < -0.39 is 6.10 Å². The van der Waals surface area contributed by atoms with Gasteiger partial charge in [0.2, 0.25) is 0 Å². The zero-order chi connectivity index (χ0) is 18.9. The van der Waals surface area contributed by atoms with Crippen LogP contribution in [0.2, 0.25) is 0 Å². The number of aliphatic hydroxyl groups is 1. The first-order chi connectivity index (χ1) is 13.2. The van der Waals surface area contributed by atoms with E-state index in [1.165, 1.54) is 30.5 Å². The Morgan fingerprint density at radius 1 is 1.04 bits per heavy atom. The number of hydrogen-bond acceptors (Lipinski definition) is 3. The van der Waals surface area contributed by atoms with Gasteiger partial charge in [0.1, 0.15) is 5.82 Å². The van der Waals surface area contributed by atoms with Crippen LogP contribution in [0, 0.1) is 11.7 Å². The number of rotatable bonds is 9. The highest BCUT2D eigenvalue weighted by atomic mass is 19.1. The lowest BCUT2D eigenvalue weighted by Crippen LogP contribution is -2.27. The molecule has 0 saturated heterocycles. The highest BCUT2D eigenvalue weighted by Gasteiger charge is 2.21. The average molecular weight is 371 g/mol. The quantitative estimate of drug-likeness (QED) is 0.632. The lowest BCUT2D eigenvalue weighted by molar-refractivity contribution is 0.00636. The predicted molar refractivity (Wildman–Crippen MR) is 106 cm³/mol. The fraction of sp³-hybridized carbons (Fsp3) is 0.478. The third kappa shape index (κ3) is 6.73.